The van der Waals surface area contributed by atoms with Crippen molar-refractivity contribution < 1.29 is 4.42 Å². The number of nitrogens with zero attached hydrogens (tertiary/aromatic N) is 3. The molecule has 4 nitrogen and oxygen atoms in total. The van der Waals surface area contributed by atoms with E-state index in [1.807, 2.05) is 66.7 Å². The molecule has 0 bridgehead atoms. The molecule has 0 radical (unpaired) electrons. The maximum atomic E-state index is 6.49. The van der Waals surface area contributed by atoms with Crippen molar-refractivity contribution in [3.8, 4) is 56.4 Å². The fourth-order valence-corrected chi connectivity index (χ4v) is 6.99. The van der Waals surface area contributed by atoms with Crippen molar-refractivity contribution >= 4 is 21.9 Å². The minimum atomic E-state index is -0.208. The van der Waals surface area contributed by atoms with E-state index in [-0.39, 0.29) is 5.41 Å². The summed E-state index contributed by atoms with van der Waals surface area (Å²) in [5, 5.41) is 2.34. The molecule has 0 spiro atoms. The molecule has 46 heavy (non-hydrogen) atoms. The molecule has 0 atom stereocenters. The summed E-state index contributed by atoms with van der Waals surface area (Å²) in [5.74, 6) is 1.97. The zero-order valence-electron chi connectivity index (χ0n) is 25.5. The molecule has 1 aliphatic carbocycles. The van der Waals surface area contributed by atoms with E-state index in [9.17, 15) is 0 Å². The molecule has 2 aromatic heterocycles. The number of fused-ring (bicyclic) bond motifs is 7. The molecule has 6 aromatic carbocycles. The molecule has 0 N–H and O–H groups in total. The van der Waals surface area contributed by atoms with Crippen molar-refractivity contribution in [2.45, 2.75) is 19.3 Å². The largest absolute Gasteiger partial charge is 0.456 e. The summed E-state index contributed by atoms with van der Waals surface area (Å²) in [6.45, 7) is 4.62. The Morgan fingerprint density at radius 3 is 1.63 bits per heavy atom. The highest BCUT2D eigenvalue weighted by molar-refractivity contribution is 6.09. The lowest BCUT2D eigenvalue weighted by atomic mass is 9.81. The minimum Gasteiger partial charge on any atom is -0.456 e. The zero-order chi connectivity index (χ0) is 30.8. The van der Waals surface area contributed by atoms with E-state index in [4.69, 9.17) is 19.4 Å². The summed E-state index contributed by atoms with van der Waals surface area (Å²) < 4.78 is 6.49. The van der Waals surface area contributed by atoms with Gasteiger partial charge in [0.25, 0.3) is 0 Å². The molecule has 218 valence electrons. The van der Waals surface area contributed by atoms with Gasteiger partial charge in [-0.2, -0.15) is 0 Å². The van der Waals surface area contributed by atoms with Gasteiger partial charge >= 0.3 is 0 Å². The van der Waals surface area contributed by atoms with Crippen molar-refractivity contribution in [1.29, 1.82) is 0 Å². The lowest BCUT2D eigenvalue weighted by molar-refractivity contribution is 0.620. The first-order valence-electron chi connectivity index (χ1n) is 15.6. The van der Waals surface area contributed by atoms with Crippen LogP contribution in [0.25, 0.3) is 78.4 Å². The second-order valence-electron chi connectivity index (χ2n) is 12.5. The summed E-state index contributed by atoms with van der Waals surface area (Å²) in [4.78, 5) is 14.6. The van der Waals surface area contributed by atoms with Gasteiger partial charge in [0.05, 0.1) is 0 Å². The molecule has 4 heteroatoms. The summed E-state index contributed by atoms with van der Waals surface area (Å²) in [6, 6.07) is 48.3. The van der Waals surface area contributed by atoms with Crippen molar-refractivity contribution in [2.75, 3.05) is 0 Å². The lowest BCUT2D eigenvalue weighted by Crippen LogP contribution is -2.15. The second-order valence-corrected chi connectivity index (χ2v) is 12.5. The predicted octanol–water partition coefficient (Wildman–Crippen LogP) is 10.7. The second kappa shape index (κ2) is 10.1. The molecule has 0 unspecified atom stereocenters. The van der Waals surface area contributed by atoms with Crippen LogP contribution in [0.4, 0.5) is 0 Å². The van der Waals surface area contributed by atoms with Gasteiger partial charge in [-0.1, -0.05) is 135 Å². The first kappa shape index (κ1) is 26.5. The summed E-state index contributed by atoms with van der Waals surface area (Å²) in [6.07, 6.45) is 0. The van der Waals surface area contributed by atoms with Gasteiger partial charge in [0.2, 0.25) is 0 Å². The van der Waals surface area contributed by atoms with Crippen LogP contribution in [0.2, 0.25) is 0 Å². The minimum absolute atomic E-state index is 0.208. The van der Waals surface area contributed by atoms with Gasteiger partial charge in [-0.15, -0.1) is 0 Å². The lowest BCUT2D eigenvalue weighted by Gasteiger charge is -2.22. The fraction of sp³-hybridized carbons (Fsp3) is 0.0714. The SMILES string of the molecule is CC1(C)c2cc(-c3ccc(-c4nc(-c5ccccc5)nc(-c5ccccc5)n4)cc3)ccc2-c2ccc3c(oc4ccccc43)c21. The van der Waals surface area contributed by atoms with Crippen LogP contribution in [0.1, 0.15) is 25.0 Å². The van der Waals surface area contributed by atoms with E-state index in [1.165, 1.54) is 33.2 Å². The third-order valence-electron chi connectivity index (χ3n) is 9.33. The molecule has 0 amide bonds. The Bertz CT molecular complexity index is 2370. The maximum Gasteiger partial charge on any atom is 0.164 e. The summed E-state index contributed by atoms with van der Waals surface area (Å²) in [5.41, 5.74) is 12.0. The van der Waals surface area contributed by atoms with Crippen LogP contribution in [0, 0.1) is 0 Å². The molecule has 8 aromatic rings. The topological polar surface area (TPSA) is 51.8 Å². The normalized spacial score (nSPS) is 13.2. The van der Waals surface area contributed by atoms with Crippen LogP contribution in [0.15, 0.2) is 144 Å². The summed E-state index contributed by atoms with van der Waals surface area (Å²) >= 11 is 0. The van der Waals surface area contributed by atoms with E-state index < -0.39 is 0 Å². The highest BCUT2D eigenvalue weighted by atomic mass is 16.3. The van der Waals surface area contributed by atoms with Crippen LogP contribution in [-0.4, -0.2) is 15.0 Å². The third-order valence-corrected chi connectivity index (χ3v) is 9.33. The number of furan rings is 1. The number of rotatable bonds is 4. The van der Waals surface area contributed by atoms with Crippen LogP contribution in [-0.2, 0) is 5.41 Å². The van der Waals surface area contributed by atoms with Crippen molar-refractivity contribution in [1.82, 2.24) is 15.0 Å². The number of hydrogen-bond donors (Lipinski definition) is 0. The number of benzene rings is 6. The Kier molecular flexibility index (Phi) is 5.81. The Hall–Kier alpha value is -5.87. The molecule has 0 aliphatic heterocycles. The molecular weight excluding hydrogens is 562 g/mol. The van der Waals surface area contributed by atoms with Crippen LogP contribution < -0.4 is 0 Å². The number of hydrogen-bond acceptors (Lipinski definition) is 4. The summed E-state index contributed by atoms with van der Waals surface area (Å²) in [7, 11) is 0. The Balaban J connectivity index is 1.10. The van der Waals surface area contributed by atoms with Gasteiger partial charge in [-0.3, -0.25) is 0 Å². The Morgan fingerprint density at radius 1 is 0.457 bits per heavy atom. The van der Waals surface area contributed by atoms with Crippen molar-refractivity contribution in [3.63, 3.8) is 0 Å². The molecule has 1 aliphatic rings. The van der Waals surface area contributed by atoms with E-state index in [0.717, 1.165) is 38.8 Å². The van der Waals surface area contributed by atoms with Crippen LogP contribution in [0.3, 0.4) is 0 Å². The van der Waals surface area contributed by atoms with Crippen LogP contribution >= 0.6 is 0 Å². The van der Waals surface area contributed by atoms with E-state index in [1.54, 1.807) is 0 Å². The highest BCUT2D eigenvalue weighted by Crippen LogP contribution is 2.53. The Morgan fingerprint density at radius 2 is 0.978 bits per heavy atom. The number of para-hydroxylation sites is 1. The average molecular weight is 592 g/mol. The van der Waals surface area contributed by atoms with Crippen LogP contribution in [0.5, 0.6) is 0 Å². The monoisotopic (exact) mass is 591 g/mol. The van der Waals surface area contributed by atoms with Gasteiger partial charge in [0, 0.05) is 38.4 Å². The predicted molar refractivity (Wildman–Crippen MR) is 186 cm³/mol. The molecule has 9 rings (SSSR count). The standard InChI is InChI=1S/C42H29N3O/c1-42(2)35-25-30(21-22-31(35)33-23-24-34-32-15-9-10-16-36(32)46-38(34)37(33)42)26-17-19-29(20-18-26)41-44-39(27-11-5-3-6-12-27)43-40(45-41)28-13-7-4-8-14-28/h3-25H,1-2H3. The smallest absolute Gasteiger partial charge is 0.164 e. The van der Waals surface area contributed by atoms with Crippen molar-refractivity contribution in [3.05, 3.63) is 151 Å². The maximum absolute atomic E-state index is 6.49. The molecule has 2 heterocycles. The van der Waals surface area contributed by atoms with E-state index >= 15 is 0 Å². The first-order chi connectivity index (χ1) is 22.5. The van der Waals surface area contributed by atoms with Gasteiger partial charge in [-0.05, 0) is 46.0 Å². The molecule has 0 saturated carbocycles. The highest BCUT2D eigenvalue weighted by Gasteiger charge is 2.38. The van der Waals surface area contributed by atoms with E-state index in [2.05, 4.69) is 86.6 Å². The average Bonchev–Trinajstić information content (AvgIpc) is 3.60. The fourth-order valence-electron chi connectivity index (χ4n) is 6.99. The Labute approximate surface area is 267 Å². The number of aromatic nitrogens is 3. The van der Waals surface area contributed by atoms with Crippen molar-refractivity contribution in [2.24, 2.45) is 0 Å². The molecule has 0 fully saturated rings. The first-order valence-corrected chi connectivity index (χ1v) is 15.6. The molecule has 0 saturated heterocycles. The molecular formula is C42H29N3O. The van der Waals surface area contributed by atoms with E-state index in [0.29, 0.717) is 17.5 Å². The van der Waals surface area contributed by atoms with Gasteiger partial charge < -0.3 is 4.42 Å². The quantitative estimate of drug-likeness (QED) is 0.204. The third kappa shape index (κ3) is 4.11. The van der Waals surface area contributed by atoms with Gasteiger partial charge in [0.15, 0.2) is 17.5 Å². The zero-order valence-corrected chi connectivity index (χ0v) is 25.5. The van der Waals surface area contributed by atoms with Gasteiger partial charge in [-0.25, -0.2) is 15.0 Å². The van der Waals surface area contributed by atoms with Gasteiger partial charge in [0.1, 0.15) is 11.2 Å².